The molecular formula is C20H17Cl2N7. The van der Waals surface area contributed by atoms with E-state index in [-0.39, 0.29) is 0 Å². The quantitative estimate of drug-likeness (QED) is 0.390. The monoisotopic (exact) mass is 425 g/mol. The van der Waals surface area contributed by atoms with Gasteiger partial charge in [0, 0.05) is 35.3 Å². The Bertz CT molecular complexity index is 1150. The lowest BCUT2D eigenvalue weighted by atomic mass is 10.2. The van der Waals surface area contributed by atoms with Crippen LogP contribution in [0.15, 0.2) is 55.0 Å². The molecule has 0 aliphatic heterocycles. The number of anilines is 3. The van der Waals surface area contributed by atoms with E-state index < -0.39 is 0 Å². The first-order valence-corrected chi connectivity index (χ1v) is 9.62. The Morgan fingerprint density at radius 3 is 2.59 bits per heavy atom. The third-order valence-corrected chi connectivity index (χ3v) is 4.73. The largest absolute Gasteiger partial charge is 0.397 e. The topological polar surface area (TPSA) is 102 Å². The highest BCUT2D eigenvalue weighted by atomic mass is 35.5. The maximum absolute atomic E-state index is 6.35. The summed E-state index contributed by atoms with van der Waals surface area (Å²) in [6.45, 7) is 1.26. The Morgan fingerprint density at radius 2 is 1.79 bits per heavy atom. The molecule has 3 aromatic heterocycles. The van der Waals surface area contributed by atoms with E-state index in [4.69, 9.17) is 28.9 Å². The minimum atomic E-state index is 0.489. The molecule has 9 heteroatoms. The van der Waals surface area contributed by atoms with Gasteiger partial charge in [-0.25, -0.2) is 15.0 Å². The first-order chi connectivity index (χ1) is 14.1. The molecule has 4 rings (SSSR count). The van der Waals surface area contributed by atoms with Crippen molar-refractivity contribution >= 4 is 51.4 Å². The Hall–Kier alpha value is -3.16. The van der Waals surface area contributed by atoms with Gasteiger partial charge in [0.15, 0.2) is 5.82 Å². The van der Waals surface area contributed by atoms with E-state index in [1.807, 2.05) is 12.1 Å². The van der Waals surface area contributed by atoms with Gasteiger partial charge in [-0.1, -0.05) is 23.2 Å². The number of nitrogens with two attached hydrogens (primary N) is 1. The number of hydrogen-bond acceptors (Lipinski definition) is 7. The lowest BCUT2D eigenvalue weighted by Crippen LogP contribution is -2.15. The fourth-order valence-electron chi connectivity index (χ4n) is 2.79. The number of fused-ring (bicyclic) bond motifs is 1. The van der Waals surface area contributed by atoms with E-state index in [1.165, 1.54) is 0 Å². The molecule has 3 heterocycles. The smallest absolute Gasteiger partial charge is 0.163 e. The van der Waals surface area contributed by atoms with Crippen molar-refractivity contribution in [2.24, 2.45) is 0 Å². The number of nitrogens with zero attached hydrogens (tertiary/aromatic N) is 4. The van der Waals surface area contributed by atoms with Crippen molar-refractivity contribution in [3.8, 4) is 11.4 Å². The summed E-state index contributed by atoms with van der Waals surface area (Å²) in [4.78, 5) is 17.7. The summed E-state index contributed by atoms with van der Waals surface area (Å²) in [5.41, 5.74) is 7.70. The molecule has 0 spiro atoms. The van der Waals surface area contributed by atoms with Crippen molar-refractivity contribution in [3.05, 3.63) is 65.0 Å². The Morgan fingerprint density at radius 1 is 0.931 bits per heavy atom. The van der Waals surface area contributed by atoms with Crippen LogP contribution in [0.2, 0.25) is 10.0 Å². The van der Waals surface area contributed by atoms with Crippen LogP contribution in [0.3, 0.4) is 0 Å². The summed E-state index contributed by atoms with van der Waals surface area (Å²) in [6, 6.07) is 10.7. The van der Waals surface area contributed by atoms with Crippen molar-refractivity contribution in [3.63, 3.8) is 0 Å². The van der Waals surface area contributed by atoms with E-state index in [1.54, 1.807) is 42.9 Å². The summed E-state index contributed by atoms with van der Waals surface area (Å²) in [7, 11) is 0. The van der Waals surface area contributed by atoms with Gasteiger partial charge < -0.3 is 16.4 Å². The maximum Gasteiger partial charge on any atom is 0.163 e. The fraction of sp³-hybridized carbons (Fsp3) is 0.100. The van der Waals surface area contributed by atoms with Gasteiger partial charge in [-0.15, -0.1) is 0 Å². The van der Waals surface area contributed by atoms with Gasteiger partial charge >= 0.3 is 0 Å². The second-order valence-corrected chi connectivity index (χ2v) is 7.09. The molecule has 4 N–H and O–H groups in total. The van der Waals surface area contributed by atoms with Crippen LogP contribution < -0.4 is 16.4 Å². The molecule has 4 aromatic rings. The molecule has 0 saturated heterocycles. The number of nitrogens with one attached hydrogen (secondary N) is 2. The normalized spacial score (nSPS) is 10.8. The van der Waals surface area contributed by atoms with Gasteiger partial charge in [0.1, 0.15) is 11.6 Å². The standard InChI is InChI=1S/C20H17Cl2N7/c21-12-1-3-14(16(22)9-12)20-28-17-11-24-6-5-15(17)19(29-20)26-8-7-25-18-4-2-13(23)10-27-18/h1-6,9-11H,7-8,23H2,(H,25,27)(H,26,28,29). The van der Waals surface area contributed by atoms with E-state index in [2.05, 4.69) is 30.6 Å². The molecule has 0 amide bonds. The average Bonchev–Trinajstić information content (AvgIpc) is 2.72. The highest BCUT2D eigenvalue weighted by Gasteiger charge is 2.12. The third-order valence-electron chi connectivity index (χ3n) is 4.18. The molecule has 0 aliphatic rings. The third kappa shape index (κ3) is 4.47. The maximum atomic E-state index is 6.35. The zero-order valence-electron chi connectivity index (χ0n) is 15.2. The van der Waals surface area contributed by atoms with Crippen LogP contribution in [0.25, 0.3) is 22.3 Å². The molecule has 0 aliphatic carbocycles. The zero-order valence-corrected chi connectivity index (χ0v) is 16.7. The summed E-state index contributed by atoms with van der Waals surface area (Å²) in [6.07, 6.45) is 5.03. The number of pyridine rings is 2. The average molecular weight is 426 g/mol. The lowest BCUT2D eigenvalue weighted by Gasteiger charge is -2.12. The second-order valence-electron chi connectivity index (χ2n) is 6.24. The highest BCUT2D eigenvalue weighted by molar-refractivity contribution is 6.36. The van der Waals surface area contributed by atoms with Crippen molar-refractivity contribution in [2.45, 2.75) is 0 Å². The minimum Gasteiger partial charge on any atom is -0.397 e. The highest BCUT2D eigenvalue weighted by Crippen LogP contribution is 2.30. The number of hydrogen-bond donors (Lipinski definition) is 3. The van der Waals surface area contributed by atoms with Gasteiger partial charge in [0.05, 0.1) is 28.6 Å². The van der Waals surface area contributed by atoms with E-state index in [0.29, 0.717) is 46.0 Å². The lowest BCUT2D eigenvalue weighted by molar-refractivity contribution is 1.04. The van der Waals surface area contributed by atoms with Gasteiger partial charge in [0.2, 0.25) is 0 Å². The summed E-state index contributed by atoms with van der Waals surface area (Å²) < 4.78 is 0. The van der Waals surface area contributed by atoms with E-state index in [0.717, 1.165) is 16.7 Å². The molecule has 0 saturated carbocycles. The Balaban J connectivity index is 1.56. The van der Waals surface area contributed by atoms with E-state index in [9.17, 15) is 0 Å². The predicted octanol–water partition coefficient (Wildman–Crippen LogP) is 4.50. The van der Waals surface area contributed by atoms with Gasteiger partial charge in [-0.3, -0.25) is 4.98 Å². The van der Waals surface area contributed by atoms with Crippen molar-refractivity contribution < 1.29 is 0 Å². The first kappa shape index (κ1) is 19.2. The van der Waals surface area contributed by atoms with Gasteiger partial charge in [0.25, 0.3) is 0 Å². The fourth-order valence-corrected chi connectivity index (χ4v) is 3.28. The SMILES string of the molecule is Nc1ccc(NCCNc2nc(-c3ccc(Cl)cc3Cl)nc3cnccc23)nc1. The van der Waals surface area contributed by atoms with Crippen LogP contribution in [-0.4, -0.2) is 33.0 Å². The molecular weight excluding hydrogens is 409 g/mol. The second kappa shape index (κ2) is 8.46. The van der Waals surface area contributed by atoms with Crippen molar-refractivity contribution in [2.75, 3.05) is 29.5 Å². The molecule has 0 bridgehead atoms. The Kier molecular flexibility index (Phi) is 5.59. The summed E-state index contributed by atoms with van der Waals surface area (Å²) in [5, 5.41) is 8.50. The van der Waals surface area contributed by atoms with Gasteiger partial charge in [-0.05, 0) is 36.4 Å². The van der Waals surface area contributed by atoms with Crippen LogP contribution in [0.1, 0.15) is 0 Å². The number of nitrogen functional groups attached to an aromatic ring is 1. The molecule has 29 heavy (non-hydrogen) atoms. The summed E-state index contributed by atoms with van der Waals surface area (Å²) in [5.74, 6) is 1.96. The predicted molar refractivity (Wildman–Crippen MR) is 118 cm³/mol. The van der Waals surface area contributed by atoms with Crippen LogP contribution in [0, 0.1) is 0 Å². The minimum absolute atomic E-state index is 0.489. The summed E-state index contributed by atoms with van der Waals surface area (Å²) >= 11 is 12.4. The molecule has 1 aromatic carbocycles. The Labute approximate surface area is 177 Å². The molecule has 0 radical (unpaired) electrons. The molecule has 0 unspecified atom stereocenters. The zero-order chi connectivity index (χ0) is 20.2. The van der Waals surface area contributed by atoms with Crippen LogP contribution in [-0.2, 0) is 0 Å². The van der Waals surface area contributed by atoms with Crippen LogP contribution in [0.4, 0.5) is 17.3 Å². The number of halogens is 2. The van der Waals surface area contributed by atoms with Crippen LogP contribution in [0.5, 0.6) is 0 Å². The first-order valence-electron chi connectivity index (χ1n) is 8.86. The van der Waals surface area contributed by atoms with E-state index >= 15 is 0 Å². The van der Waals surface area contributed by atoms with Gasteiger partial charge in [-0.2, -0.15) is 0 Å². The number of aromatic nitrogens is 4. The van der Waals surface area contributed by atoms with Crippen LogP contribution >= 0.6 is 23.2 Å². The molecule has 0 atom stereocenters. The number of rotatable bonds is 6. The molecule has 0 fully saturated rings. The van der Waals surface area contributed by atoms with Crippen molar-refractivity contribution in [1.82, 2.24) is 19.9 Å². The number of benzene rings is 1. The van der Waals surface area contributed by atoms with Crippen molar-refractivity contribution in [1.29, 1.82) is 0 Å². The molecule has 146 valence electrons. The molecule has 7 nitrogen and oxygen atoms in total.